The smallest absolute Gasteiger partial charge is 0.240 e. The normalized spacial score (nSPS) is 25.4. The minimum atomic E-state index is -3.50. The molecule has 0 bridgehead atoms. The molecule has 0 amide bonds. The Kier molecular flexibility index (Phi) is 5.04. The molecule has 5 heteroatoms. The van der Waals surface area contributed by atoms with E-state index in [1.54, 1.807) is 24.3 Å². The third-order valence-electron chi connectivity index (χ3n) is 4.25. The minimum Gasteiger partial charge on any atom is -0.320 e. The van der Waals surface area contributed by atoms with Gasteiger partial charge in [-0.15, -0.1) is 0 Å². The van der Waals surface area contributed by atoms with Crippen LogP contribution in [0.5, 0.6) is 0 Å². The van der Waals surface area contributed by atoms with E-state index >= 15 is 0 Å². The third-order valence-corrected chi connectivity index (χ3v) is 5.74. The van der Waals surface area contributed by atoms with Crippen LogP contribution >= 0.6 is 0 Å². The summed E-state index contributed by atoms with van der Waals surface area (Å²) in [5.41, 5.74) is 6.00. The molecule has 0 radical (unpaired) electrons. The van der Waals surface area contributed by atoms with Crippen molar-refractivity contribution in [2.24, 2.45) is 17.6 Å². The van der Waals surface area contributed by atoms with Crippen molar-refractivity contribution in [2.45, 2.75) is 37.6 Å². The van der Waals surface area contributed by atoms with Crippen LogP contribution in [-0.2, 0) is 10.0 Å². The second kappa shape index (κ2) is 6.61. The Labute approximate surface area is 127 Å². The standard InChI is InChI=1S/C16H22N2O2S/c1-12-8-9-16(13(12)2)18-21(19,20)15-7-3-5-14(11-15)6-4-10-17/h3,5,7,11-13,16,18H,8-10,17H2,1-2H3. The number of nitrogens with one attached hydrogen (secondary N) is 1. The van der Waals surface area contributed by atoms with Crippen LogP contribution in [0.4, 0.5) is 0 Å². The SMILES string of the molecule is CC1CCC(NS(=O)(=O)c2cccc(C#CCN)c2)C1C. The van der Waals surface area contributed by atoms with E-state index in [9.17, 15) is 8.42 Å². The van der Waals surface area contributed by atoms with E-state index in [2.05, 4.69) is 30.4 Å². The van der Waals surface area contributed by atoms with Crippen LogP contribution in [0.1, 0.15) is 32.3 Å². The fraction of sp³-hybridized carbons (Fsp3) is 0.500. The summed E-state index contributed by atoms with van der Waals surface area (Å²) in [6, 6.07) is 6.69. The zero-order valence-corrected chi connectivity index (χ0v) is 13.3. The Balaban J connectivity index is 2.20. The van der Waals surface area contributed by atoms with Crippen molar-refractivity contribution in [2.75, 3.05) is 6.54 Å². The summed E-state index contributed by atoms with van der Waals surface area (Å²) >= 11 is 0. The monoisotopic (exact) mass is 306 g/mol. The Morgan fingerprint density at radius 2 is 2.10 bits per heavy atom. The highest BCUT2D eigenvalue weighted by Gasteiger charge is 2.32. The summed E-state index contributed by atoms with van der Waals surface area (Å²) in [7, 11) is -3.50. The first-order chi connectivity index (χ1) is 9.94. The number of hydrogen-bond acceptors (Lipinski definition) is 3. The van der Waals surface area contributed by atoms with E-state index in [0.29, 0.717) is 17.4 Å². The van der Waals surface area contributed by atoms with Crippen molar-refractivity contribution in [3.8, 4) is 11.8 Å². The maximum Gasteiger partial charge on any atom is 0.240 e. The van der Waals surface area contributed by atoms with Crippen molar-refractivity contribution < 1.29 is 8.42 Å². The molecule has 1 fully saturated rings. The van der Waals surface area contributed by atoms with Crippen LogP contribution in [0.3, 0.4) is 0 Å². The van der Waals surface area contributed by atoms with Gasteiger partial charge in [-0.1, -0.05) is 31.8 Å². The van der Waals surface area contributed by atoms with E-state index in [0.717, 1.165) is 12.8 Å². The number of sulfonamides is 1. The number of hydrogen-bond donors (Lipinski definition) is 2. The van der Waals surface area contributed by atoms with E-state index in [1.807, 2.05) is 0 Å². The van der Waals surface area contributed by atoms with Crippen LogP contribution < -0.4 is 10.5 Å². The summed E-state index contributed by atoms with van der Waals surface area (Å²) in [5, 5.41) is 0. The summed E-state index contributed by atoms with van der Waals surface area (Å²) in [4.78, 5) is 0.262. The van der Waals surface area contributed by atoms with Gasteiger partial charge in [0, 0.05) is 11.6 Å². The molecule has 1 aliphatic rings. The number of rotatable bonds is 3. The molecule has 114 valence electrons. The van der Waals surface area contributed by atoms with E-state index in [4.69, 9.17) is 5.73 Å². The topological polar surface area (TPSA) is 72.2 Å². The lowest BCUT2D eigenvalue weighted by Crippen LogP contribution is -2.37. The molecule has 21 heavy (non-hydrogen) atoms. The van der Waals surface area contributed by atoms with Gasteiger partial charge >= 0.3 is 0 Å². The van der Waals surface area contributed by atoms with Gasteiger partial charge in [0.2, 0.25) is 10.0 Å². The molecule has 4 nitrogen and oxygen atoms in total. The van der Waals surface area contributed by atoms with Crippen molar-refractivity contribution in [1.82, 2.24) is 4.72 Å². The van der Waals surface area contributed by atoms with Gasteiger partial charge in [0.1, 0.15) is 0 Å². The number of nitrogens with two attached hydrogens (primary N) is 1. The molecule has 1 aliphatic carbocycles. The molecule has 3 N–H and O–H groups in total. The highest BCUT2D eigenvalue weighted by Crippen LogP contribution is 2.32. The summed E-state index contributed by atoms with van der Waals surface area (Å²) in [5.74, 6) is 6.51. The molecule has 0 saturated heterocycles. The number of benzene rings is 1. The molecule has 1 aromatic rings. The molecule has 3 unspecified atom stereocenters. The molecule has 0 spiro atoms. The average molecular weight is 306 g/mol. The Morgan fingerprint density at radius 1 is 1.33 bits per heavy atom. The van der Waals surface area contributed by atoms with Crippen molar-refractivity contribution in [1.29, 1.82) is 0 Å². The zero-order chi connectivity index (χ0) is 15.5. The fourth-order valence-corrected chi connectivity index (χ4v) is 4.10. The van der Waals surface area contributed by atoms with E-state index in [1.165, 1.54) is 0 Å². The molecule has 2 rings (SSSR count). The van der Waals surface area contributed by atoms with Gasteiger partial charge in [0.25, 0.3) is 0 Å². The van der Waals surface area contributed by atoms with Crippen molar-refractivity contribution in [3.63, 3.8) is 0 Å². The second-order valence-corrected chi connectivity index (χ2v) is 7.39. The lowest BCUT2D eigenvalue weighted by Gasteiger charge is -2.19. The first-order valence-electron chi connectivity index (χ1n) is 7.25. The van der Waals surface area contributed by atoms with Gasteiger partial charge in [-0.3, -0.25) is 0 Å². The van der Waals surface area contributed by atoms with Crippen LogP contribution in [0.2, 0.25) is 0 Å². The molecular formula is C16H22N2O2S. The van der Waals surface area contributed by atoms with Gasteiger partial charge in [-0.2, -0.15) is 0 Å². The third kappa shape index (κ3) is 3.85. The molecular weight excluding hydrogens is 284 g/mol. The van der Waals surface area contributed by atoms with E-state index in [-0.39, 0.29) is 17.5 Å². The lowest BCUT2D eigenvalue weighted by molar-refractivity contribution is 0.402. The van der Waals surface area contributed by atoms with Crippen molar-refractivity contribution >= 4 is 10.0 Å². The highest BCUT2D eigenvalue weighted by molar-refractivity contribution is 7.89. The van der Waals surface area contributed by atoms with Crippen molar-refractivity contribution in [3.05, 3.63) is 29.8 Å². The predicted molar refractivity (Wildman–Crippen MR) is 84.0 cm³/mol. The first kappa shape index (κ1) is 16.0. The summed E-state index contributed by atoms with van der Waals surface area (Å²) in [6.45, 7) is 4.53. The highest BCUT2D eigenvalue weighted by atomic mass is 32.2. The quantitative estimate of drug-likeness (QED) is 0.835. The summed E-state index contributed by atoms with van der Waals surface area (Å²) < 4.78 is 27.8. The van der Waals surface area contributed by atoms with Crippen LogP contribution in [-0.4, -0.2) is 21.0 Å². The molecule has 1 saturated carbocycles. The fourth-order valence-electron chi connectivity index (χ4n) is 2.69. The molecule has 0 aromatic heterocycles. The first-order valence-corrected chi connectivity index (χ1v) is 8.73. The molecule has 3 atom stereocenters. The zero-order valence-electron chi connectivity index (χ0n) is 12.5. The Morgan fingerprint density at radius 3 is 2.71 bits per heavy atom. The van der Waals surface area contributed by atoms with Gasteiger partial charge in [0.05, 0.1) is 11.4 Å². The van der Waals surface area contributed by atoms with Gasteiger partial charge in [-0.05, 0) is 42.9 Å². The minimum absolute atomic E-state index is 0.0174. The predicted octanol–water partition coefficient (Wildman–Crippen LogP) is 1.71. The molecule has 1 aromatic carbocycles. The van der Waals surface area contributed by atoms with Crippen LogP contribution in [0.15, 0.2) is 29.2 Å². The van der Waals surface area contributed by atoms with Gasteiger partial charge in [0.15, 0.2) is 0 Å². The Bertz CT molecular complexity index is 658. The summed E-state index contributed by atoms with van der Waals surface area (Å²) in [6.07, 6.45) is 1.96. The molecule has 0 aliphatic heterocycles. The molecule has 0 heterocycles. The second-order valence-electron chi connectivity index (χ2n) is 5.68. The maximum atomic E-state index is 12.5. The van der Waals surface area contributed by atoms with Gasteiger partial charge < -0.3 is 5.73 Å². The largest absolute Gasteiger partial charge is 0.320 e. The average Bonchev–Trinajstić information content (AvgIpc) is 2.77. The van der Waals surface area contributed by atoms with E-state index < -0.39 is 10.0 Å². The lowest BCUT2D eigenvalue weighted by atomic mass is 9.98. The van der Waals surface area contributed by atoms with Crippen LogP contribution in [0.25, 0.3) is 0 Å². The Hall–Kier alpha value is -1.35. The van der Waals surface area contributed by atoms with Crippen LogP contribution in [0, 0.1) is 23.7 Å². The van der Waals surface area contributed by atoms with Gasteiger partial charge in [-0.25, -0.2) is 13.1 Å². The maximum absolute atomic E-state index is 12.5.